The van der Waals surface area contributed by atoms with Crippen molar-refractivity contribution in [3.05, 3.63) is 132 Å². The van der Waals surface area contributed by atoms with Crippen molar-refractivity contribution in [2.24, 2.45) is 0 Å². The van der Waals surface area contributed by atoms with E-state index in [-0.39, 0.29) is 0 Å². The molecule has 1 fully saturated rings. The third-order valence-corrected chi connectivity index (χ3v) is 7.46. The molecule has 8 heteroatoms. The van der Waals surface area contributed by atoms with Crippen molar-refractivity contribution >= 4 is 11.3 Å². The zero-order valence-electron chi connectivity index (χ0n) is 23.0. The van der Waals surface area contributed by atoms with E-state index in [0.29, 0.717) is 37.8 Å². The van der Waals surface area contributed by atoms with E-state index in [9.17, 15) is 0 Å². The van der Waals surface area contributed by atoms with Gasteiger partial charge in [0.05, 0.1) is 32.1 Å². The molecule has 1 aliphatic heterocycles. The molecule has 2 N–H and O–H groups in total. The molecule has 41 heavy (non-hydrogen) atoms. The van der Waals surface area contributed by atoms with Crippen molar-refractivity contribution in [3.63, 3.8) is 0 Å². The van der Waals surface area contributed by atoms with Gasteiger partial charge >= 0.3 is 0 Å². The number of ether oxygens (including phenoxy) is 4. The second-order valence-corrected chi connectivity index (χ2v) is 10.5. The largest absolute Gasteiger partial charge is 0.382 e. The molecule has 210 valence electrons. The molecule has 0 saturated carbocycles. The summed E-state index contributed by atoms with van der Waals surface area (Å²) in [6.07, 6.45) is 0.0451. The van der Waals surface area contributed by atoms with E-state index in [2.05, 4.69) is 22.2 Å². The number of fused-ring (bicyclic) bond motifs is 1. The average molecular weight is 551 g/mol. The second-order valence-electron chi connectivity index (χ2n) is 10.5. The Balaban J connectivity index is 1.33. The Kier molecular flexibility index (Phi) is 8.07. The molecule has 0 spiro atoms. The van der Waals surface area contributed by atoms with Crippen LogP contribution in [0.25, 0.3) is 5.52 Å². The number of hydrogen-bond acceptors (Lipinski definition) is 7. The van der Waals surface area contributed by atoms with Crippen LogP contribution in [0.1, 0.15) is 35.4 Å². The highest BCUT2D eigenvalue weighted by Gasteiger charge is 2.55. The third kappa shape index (κ3) is 6.01. The molecule has 0 amide bonds. The van der Waals surface area contributed by atoms with E-state index < -0.39 is 23.9 Å². The van der Waals surface area contributed by atoms with Crippen LogP contribution in [-0.2, 0) is 38.8 Å². The van der Waals surface area contributed by atoms with Crippen LogP contribution in [0.15, 0.2) is 109 Å². The lowest BCUT2D eigenvalue weighted by Gasteiger charge is -2.32. The van der Waals surface area contributed by atoms with E-state index in [1.54, 1.807) is 4.52 Å². The summed E-state index contributed by atoms with van der Waals surface area (Å²) >= 11 is 0. The Morgan fingerprint density at radius 3 is 2.00 bits per heavy atom. The van der Waals surface area contributed by atoms with Crippen LogP contribution in [0.4, 0.5) is 5.82 Å². The fraction of sp³-hybridized carbons (Fsp3) is 0.273. The first-order chi connectivity index (χ1) is 20.1. The fourth-order valence-electron chi connectivity index (χ4n) is 5.38. The van der Waals surface area contributed by atoms with Gasteiger partial charge in [0.2, 0.25) is 0 Å². The van der Waals surface area contributed by atoms with Gasteiger partial charge in [-0.2, -0.15) is 5.10 Å². The molecule has 6 rings (SSSR count). The summed E-state index contributed by atoms with van der Waals surface area (Å²) < 4.78 is 28.3. The van der Waals surface area contributed by atoms with Gasteiger partial charge in [0, 0.05) is 0 Å². The van der Waals surface area contributed by atoms with Gasteiger partial charge in [0.1, 0.15) is 35.8 Å². The molecule has 2 aromatic heterocycles. The number of anilines is 1. The first kappa shape index (κ1) is 27.1. The SMILES string of the molecule is C[C@]1(COCc2ccccc2)O[C@@H](c2ccc3c(N)ncnn23)[C@H](OCc2ccccc2)[C@@H]1OCc1ccccc1. The molecule has 3 aromatic carbocycles. The fourth-order valence-corrected chi connectivity index (χ4v) is 5.38. The van der Waals surface area contributed by atoms with Crippen molar-refractivity contribution in [2.45, 2.75) is 50.7 Å². The maximum absolute atomic E-state index is 6.88. The van der Waals surface area contributed by atoms with Crippen LogP contribution >= 0.6 is 0 Å². The second kappa shape index (κ2) is 12.2. The number of nitrogens with zero attached hydrogens (tertiary/aromatic N) is 3. The van der Waals surface area contributed by atoms with Crippen molar-refractivity contribution in [1.29, 1.82) is 0 Å². The van der Waals surface area contributed by atoms with Gasteiger partial charge in [-0.3, -0.25) is 0 Å². The zero-order chi connectivity index (χ0) is 28.1. The molecular weight excluding hydrogens is 516 g/mol. The summed E-state index contributed by atoms with van der Waals surface area (Å²) in [5.41, 5.74) is 10.1. The molecule has 0 aliphatic carbocycles. The van der Waals surface area contributed by atoms with Gasteiger partial charge in [-0.05, 0) is 35.7 Å². The van der Waals surface area contributed by atoms with Crippen molar-refractivity contribution in [2.75, 3.05) is 12.3 Å². The first-order valence-electron chi connectivity index (χ1n) is 13.8. The molecule has 8 nitrogen and oxygen atoms in total. The standard InChI is InChI=1S/C33H34N4O4/c1-33(22-38-19-24-11-5-2-6-12-24)31(40-21-26-15-9-4-10-16-26)30(39-20-25-13-7-3-8-14-25)29(41-33)27-17-18-28-32(34)35-23-36-37(27)28/h2-18,23,29-31H,19-22H2,1H3,(H2,34,35,36)/t29-,30-,31-,33+/m0/s1. The lowest BCUT2D eigenvalue weighted by atomic mass is 9.95. The summed E-state index contributed by atoms with van der Waals surface area (Å²) in [6.45, 7) is 3.61. The van der Waals surface area contributed by atoms with Gasteiger partial charge in [0.25, 0.3) is 0 Å². The molecular formula is C33H34N4O4. The maximum atomic E-state index is 6.88. The monoisotopic (exact) mass is 550 g/mol. The highest BCUT2D eigenvalue weighted by Crippen LogP contribution is 2.44. The Bertz CT molecular complexity index is 1550. The van der Waals surface area contributed by atoms with E-state index in [1.165, 1.54) is 6.33 Å². The molecule has 4 atom stereocenters. The maximum Gasteiger partial charge on any atom is 0.151 e. The van der Waals surface area contributed by atoms with Gasteiger partial charge in [-0.15, -0.1) is 0 Å². The topological polar surface area (TPSA) is 93.1 Å². The summed E-state index contributed by atoms with van der Waals surface area (Å²) in [5.74, 6) is 0.400. The predicted octanol–water partition coefficient (Wildman–Crippen LogP) is 5.53. The Morgan fingerprint density at radius 1 is 0.780 bits per heavy atom. The van der Waals surface area contributed by atoms with Crippen LogP contribution in [0, 0.1) is 0 Å². The third-order valence-electron chi connectivity index (χ3n) is 7.46. The quantitative estimate of drug-likeness (QED) is 0.231. The average Bonchev–Trinajstić information content (AvgIpc) is 3.56. The number of nitrogens with two attached hydrogens (primary N) is 1. The minimum Gasteiger partial charge on any atom is -0.382 e. The van der Waals surface area contributed by atoms with Crippen LogP contribution in [0.5, 0.6) is 0 Å². The van der Waals surface area contributed by atoms with E-state index in [0.717, 1.165) is 22.4 Å². The van der Waals surface area contributed by atoms with Crippen molar-refractivity contribution in [3.8, 4) is 0 Å². The molecule has 1 aliphatic rings. The first-order valence-corrected chi connectivity index (χ1v) is 13.8. The Hall–Kier alpha value is -4.08. The summed E-state index contributed by atoms with van der Waals surface area (Å²) in [7, 11) is 0. The summed E-state index contributed by atoms with van der Waals surface area (Å²) in [5, 5.41) is 4.49. The summed E-state index contributed by atoms with van der Waals surface area (Å²) in [6, 6.07) is 34.2. The lowest BCUT2D eigenvalue weighted by molar-refractivity contribution is -0.140. The number of nitrogen functional groups attached to an aromatic ring is 1. The molecule has 0 radical (unpaired) electrons. The van der Waals surface area contributed by atoms with Gasteiger partial charge in [0.15, 0.2) is 5.82 Å². The number of hydrogen-bond donors (Lipinski definition) is 1. The van der Waals surface area contributed by atoms with Gasteiger partial charge < -0.3 is 24.7 Å². The molecule has 1 saturated heterocycles. The van der Waals surface area contributed by atoms with E-state index >= 15 is 0 Å². The number of aromatic nitrogens is 3. The van der Waals surface area contributed by atoms with Crippen molar-refractivity contribution < 1.29 is 18.9 Å². The normalized spacial score (nSPS) is 22.3. The number of rotatable bonds is 11. The number of benzene rings is 3. The highest BCUT2D eigenvalue weighted by atomic mass is 16.6. The smallest absolute Gasteiger partial charge is 0.151 e. The predicted molar refractivity (Wildman–Crippen MR) is 156 cm³/mol. The van der Waals surface area contributed by atoms with Gasteiger partial charge in [-0.25, -0.2) is 9.50 Å². The highest BCUT2D eigenvalue weighted by molar-refractivity contribution is 5.65. The Morgan fingerprint density at radius 2 is 1.37 bits per heavy atom. The van der Waals surface area contributed by atoms with E-state index in [1.807, 2.05) is 97.9 Å². The van der Waals surface area contributed by atoms with Gasteiger partial charge in [-0.1, -0.05) is 91.0 Å². The molecule has 5 aromatic rings. The summed E-state index contributed by atoms with van der Waals surface area (Å²) in [4.78, 5) is 4.15. The minimum atomic E-state index is -0.821. The van der Waals surface area contributed by atoms with E-state index in [4.69, 9.17) is 24.7 Å². The molecule has 0 unspecified atom stereocenters. The molecule has 3 heterocycles. The molecule has 0 bridgehead atoms. The van der Waals surface area contributed by atoms with Crippen LogP contribution in [-0.4, -0.2) is 39.0 Å². The Labute approximate surface area is 239 Å². The van der Waals surface area contributed by atoms with Crippen LogP contribution in [0.3, 0.4) is 0 Å². The minimum absolute atomic E-state index is 0.309. The van der Waals surface area contributed by atoms with Crippen LogP contribution < -0.4 is 5.73 Å². The lowest BCUT2D eigenvalue weighted by Crippen LogP contribution is -2.46. The van der Waals surface area contributed by atoms with Crippen molar-refractivity contribution in [1.82, 2.24) is 14.6 Å². The van der Waals surface area contributed by atoms with Crippen LogP contribution in [0.2, 0.25) is 0 Å². The zero-order valence-corrected chi connectivity index (χ0v) is 23.0.